The zero-order valence-corrected chi connectivity index (χ0v) is 17.2. The lowest BCUT2D eigenvalue weighted by molar-refractivity contribution is 0.510. The molecule has 0 bridgehead atoms. The van der Waals surface area contributed by atoms with Crippen molar-refractivity contribution in [1.29, 1.82) is 0 Å². The maximum Gasteiger partial charge on any atom is 0.257 e. The fourth-order valence-corrected chi connectivity index (χ4v) is 4.95. The minimum absolute atomic E-state index is 0.00384. The molecule has 0 aliphatic rings. The Morgan fingerprint density at radius 1 is 1.11 bits per heavy atom. The molecule has 0 radical (unpaired) electrons. The van der Waals surface area contributed by atoms with Gasteiger partial charge in [-0.3, -0.25) is 0 Å². The van der Waals surface area contributed by atoms with Crippen LogP contribution in [0.15, 0.2) is 50.5 Å². The predicted molar refractivity (Wildman–Crippen MR) is 111 cm³/mol. The van der Waals surface area contributed by atoms with Crippen molar-refractivity contribution in [3.63, 3.8) is 0 Å². The number of nitrogens with one attached hydrogen (secondary N) is 1. The number of thiophene rings is 1. The molecule has 0 spiro atoms. The minimum atomic E-state index is -0.00384. The summed E-state index contributed by atoms with van der Waals surface area (Å²) in [6.07, 6.45) is 1.03. The highest BCUT2D eigenvalue weighted by atomic mass is 32.2. The maximum absolute atomic E-state index is 5.79. The van der Waals surface area contributed by atoms with Crippen molar-refractivity contribution in [2.24, 2.45) is 0 Å². The third-order valence-corrected chi connectivity index (χ3v) is 6.69. The number of rotatable bonds is 7. The normalized spacial score (nSPS) is 12.2. The van der Waals surface area contributed by atoms with Crippen LogP contribution in [0.2, 0.25) is 0 Å². The van der Waals surface area contributed by atoms with Crippen LogP contribution in [0.25, 0.3) is 10.8 Å². The molecular formula is C18H17N5OS3. The number of hydrogen-bond donors (Lipinski definition) is 1. The van der Waals surface area contributed by atoms with Gasteiger partial charge in [0, 0.05) is 5.69 Å². The van der Waals surface area contributed by atoms with Gasteiger partial charge in [-0.05, 0) is 42.5 Å². The Hall–Kier alpha value is -2.23. The van der Waals surface area contributed by atoms with Crippen molar-refractivity contribution in [2.45, 2.75) is 29.9 Å². The molecule has 4 rings (SSSR count). The Morgan fingerprint density at radius 3 is 2.70 bits per heavy atom. The highest BCUT2D eigenvalue weighted by Gasteiger charge is 2.19. The van der Waals surface area contributed by atoms with Crippen LogP contribution in [0.5, 0.6) is 0 Å². The van der Waals surface area contributed by atoms with Gasteiger partial charge in [0.25, 0.3) is 5.89 Å². The van der Waals surface area contributed by atoms with Crippen molar-refractivity contribution < 1.29 is 4.42 Å². The van der Waals surface area contributed by atoms with Gasteiger partial charge in [-0.25, -0.2) is 0 Å². The number of benzene rings is 1. The van der Waals surface area contributed by atoms with Gasteiger partial charge >= 0.3 is 0 Å². The molecule has 0 saturated heterocycles. The summed E-state index contributed by atoms with van der Waals surface area (Å²) in [7, 11) is 0. The lowest BCUT2D eigenvalue weighted by Gasteiger charge is -2.03. The second-order valence-electron chi connectivity index (χ2n) is 5.73. The van der Waals surface area contributed by atoms with Gasteiger partial charge < -0.3 is 9.73 Å². The highest BCUT2D eigenvalue weighted by molar-refractivity contribution is 8.01. The van der Waals surface area contributed by atoms with Crippen LogP contribution in [0.3, 0.4) is 0 Å². The smallest absolute Gasteiger partial charge is 0.257 e. The Bertz CT molecular complexity index is 994. The molecule has 0 amide bonds. The fraction of sp³-hybridized carbons (Fsp3) is 0.222. The largest absolute Gasteiger partial charge is 0.419 e. The molecule has 1 atom stereocenters. The Labute approximate surface area is 169 Å². The molecule has 3 aromatic heterocycles. The SMILES string of the molecule is CCc1ccc(Nc2nnc(SC(C)c3nnc(-c4cccs4)o3)s2)cc1. The third-order valence-electron chi connectivity index (χ3n) is 3.82. The molecule has 0 aliphatic carbocycles. The van der Waals surface area contributed by atoms with Gasteiger partial charge in [0.15, 0.2) is 4.34 Å². The molecule has 0 saturated carbocycles. The second-order valence-corrected chi connectivity index (χ2v) is 9.24. The fourth-order valence-electron chi connectivity index (χ4n) is 2.36. The standard InChI is InChI=1S/C18H17N5OS3/c1-3-12-6-8-13(9-7-12)19-17-22-23-18(27-17)26-11(2)15-20-21-16(24-15)14-5-4-10-25-14/h4-11H,3H2,1-2H3,(H,19,22). The van der Waals surface area contributed by atoms with E-state index in [-0.39, 0.29) is 5.25 Å². The van der Waals surface area contributed by atoms with Crippen molar-refractivity contribution in [2.75, 3.05) is 5.32 Å². The first-order valence-electron chi connectivity index (χ1n) is 8.44. The van der Waals surface area contributed by atoms with E-state index in [1.807, 2.05) is 24.4 Å². The van der Waals surface area contributed by atoms with Gasteiger partial charge in [-0.2, -0.15) is 0 Å². The molecule has 1 aromatic carbocycles. The quantitative estimate of drug-likeness (QED) is 0.382. The van der Waals surface area contributed by atoms with Crippen molar-refractivity contribution in [1.82, 2.24) is 20.4 Å². The van der Waals surface area contributed by atoms with Crippen LogP contribution in [-0.2, 0) is 6.42 Å². The molecular weight excluding hydrogens is 398 g/mol. The summed E-state index contributed by atoms with van der Waals surface area (Å²) in [5.74, 6) is 1.14. The van der Waals surface area contributed by atoms with Crippen LogP contribution in [-0.4, -0.2) is 20.4 Å². The molecule has 0 fully saturated rings. The number of thioether (sulfide) groups is 1. The summed E-state index contributed by atoms with van der Waals surface area (Å²) in [4.78, 5) is 0.974. The zero-order valence-electron chi connectivity index (χ0n) is 14.7. The summed E-state index contributed by atoms with van der Waals surface area (Å²) < 4.78 is 6.65. The molecule has 1 N–H and O–H groups in total. The minimum Gasteiger partial charge on any atom is -0.419 e. The highest BCUT2D eigenvalue weighted by Crippen LogP contribution is 2.38. The van der Waals surface area contributed by atoms with Crippen LogP contribution in [0.1, 0.15) is 30.6 Å². The first-order chi connectivity index (χ1) is 13.2. The molecule has 27 heavy (non-hydrogen) atoms. The maximum atomic E-state index is 5.79. The molecule has 6 nitrogen and oxygen atoms in total. The van der Waals surface area contributed by atoms with E-state index in [0.717, 1.165) is 26.5 Å². The van der Waals surface area contributed by atoms with Crippen LogP contribution in [0.4, 0.5) is 10.8 Å². The molecule has 3 heterocycles. The van der Waals surface area contributed by atoms with Gasteiger partial charge in [-0.1, -0.05) is 48.2 Å². The van der Waals surface area contributed by atoms with Gasteiger partial charge in [0.2, 0.25) is 11.0 Å². The van der Waals surface area contributed by atoms with Crippen LogP contribution in [0, 0.1) is 0 Å². The Balaban J connectivity index is 1.39. The summed E-state index contributed by atoms with van der Waals surface area (Å²) in [5.41, 5.74) is 2.31. The number of nitrogens with zero attached hydrogens (tertiary/aromatic N) is 4. The number of aryl methyl sites for hydroxylation is 1. The van der Waals surface area contributed by atoms with E-state index < -0.39 is 0 Å². The average Bonchev–Trinajstić information content (AvgIpc) is 3.44. The molecule has 9 heteroatoms. The van der Waals surface area contributed by atoms with Gasteiger partial charge in [0.1, 0.15) is 0 Å². The summed E-state index contributed by atoms with van der Waals surface area (Å²) >= 11 is 4.64. The number of hydrogen-bond acceptors (Lipinski definition) is 9. The zero-order chi connectivity index (χ0) is 18.6. The summed E-state index contributed by atoms with van der Waals surface area (Å²) in [5, 5.41) is 22.8. The van der Waals surface area contributed by atoms with Gasteiger partial charge in [0.05, 0.1) is 10.1 Å². The van der Waals surface area contributed by atoms with E-state index in [0.29, 0.717) is 11.8 Å². The Morgan fingerprint density at radius 2 is 1.96 bits per heavy atom. The van der Waals surface area contributed by atoms with E-state index in [4.69, 9.17) is 4.42 Å². The van der Waals surface area contributed by atoms with E-state index in [1.165, 1.54) is 16.9 Å². The third kappa shape index (κ3) is 4.37. The lowest BCUT2D eigenvalue weighted by Crippen LogP contribution is -1.89. The van der Waals surface area contributed by atoms with Crippen LogP contribution >= 0.6 is 34.4 Å². The number of aromatic nitrogens is 4. The van der Waals surface area contributed by atoms with Crippen molar-refractivity contribution in [3.05, 3.63) is 53.2 Å². The summed E-state index contributed by atoms with van der Waals surface area (Å²) in [6.45, 7) is 4.17. The summed E-state index contributed by atoms with van der Waals surface area (Å²) in [6, 6.07) is 12.3. The topological polar surface area (TPSA) is 76.7 Å². The van der Waals surface area contributed by atoms with Gasteiger partial charge in [-0.15, -0.1) is 31.7 Å². The molecule has 138 valence electrons. The first-order valence-corrected chi connectivity index (χ1v) is 11.0. The second kappa shape index (κ2) is 8.20. The lowest BCUT2D eigenvalue weighted by atomic mass is 10.1. The number of anilines is 2. The first kappa shape index (κ1) is 18.1. The van der Waals surface area contributed by atoms with Crippen LogP contribution < -0.4 is 5.32 Å². The van der Waals surface area contributed by atoms with Crippen molar-refractivity contribution in [3.8, 4) is 10.8 Å². The Kier molecular flexibility index (Phi) is 5.51. The molecule has 1 unspecified atom stereocenters. The molecule has 4 aromatic rings. The van der Waals surface area contributed by atoms with E-state index in [9.17, 15) is 0 Å². The van der Waals surface area contributed by atoms with E-state index in [1.54, 1.807) is 23.1 Å². The van der Waals surface area contributed by atoms with E-state index >= 15 is 0 Å². The average molecular weight is 416 g/mol. The monoisotopic (exact) mass is 415 g/mol. The van der Waals surface area contributed by atoms with E-state index in [2.05, 4.69) is 56.9 Å². The predicted octanol–water partition coefficient (Wildman–Crippen LogP) is 5.81. The molecule has 0 aliphatic heterocycles. The van der Waals surface area contributed by atoms with Crippen molar-refractivity contribution >= 4 is 45.3 Å².